The number of methoxy groups -OCH3 is 1. The summed E-state index contributed by atoms with van der Waals surface area (Å²) in [6.07, 6.45) is -3.09. The molecule has 114 valence electrons. The van der Waals surface area contributed by atoms with Crippen molar-refractivity contribution in [3.05, 3.63) is 12.2 Å². The van der Waals surface area contributed by atoms with E-state index in [2.05, 4.69) is 0 Å². The van der Waals surface area contributed by atoms with Crippen LogP contribution < -0.4 is 0 Å². The van der Waals surface area contributed by atoms with Gasteiger partial charge in [-0.1, -0.05) is 0 Å². The van der Waals surface area contributed by atoms with E-state index in [-0.39, 0.29) is 6.61 Å². The fourth-order valence-electron chi connectivity index (χ4n) is 1.90. The zero-order valence-corrected chi connectivity index (χ0v) is 11.1. The first-order valence-electron chi connectivity index (χ1n) is 5.99. The van der Waals surface area contributed by atoms with Crippen LogP contribution >= 0.6 is 0 Å². The lowest BCUT2D eigenvalue weighted by atomic mass is 9.96. The first-order chi connectivity index (χ1) is 9.36. The van der Waals surface area contributed by atoms with Crippen molar-refractivity contribution in [2.24, 2.45) is 0 Å². The van der Waals surface area contributed by atoms with E-state index in [1.807, 2.05) is 0 Å². The van der Waals surface area contributed by atoms with Crippen LogP contribution in [0.1, 0.15) is 6.92 Å². The Morgan fingerprint density at radius 3 is 2.45 bits per heavy atom. The quantitative estimate of drug-likeness (QED) is 0.421. The summed E-state index contributed by atoms with van der Waals surface area (Å²) in [7, 11) is 1.33. The van der Waals surface area contributed by atoms with Gasteiger partial charge in [-0.2, -0.15) is 0 Å². The maximum absolute atomic E-state index is 11.2. The molecule has 0 aliphatic carbocycles. The van der Waals surface area contributed by atoms with Crippen molar-refractivity contribution in [3.8, 4) is 0 Å². The number of carbonyl (C=O) groups excluding carboxylic acids is 1. The second-order valence-corrected chi connectivity index (χ2v) is 4.36. The Morgan fingerprint density at radius 1 is 1.25 bits per heavy atom. The van der Waals surface area contributed by atoms with Gasteiger partial charge in [0.25, 0.3) is 0 Å². The molecule has 2 unspecified atom stereocenters. The van der Waals surface area contributed by atoms with Crippen molar-refractivity contribution in [2.45, 2.75) is 37.4 Å². The molecule has 0 bridgehead atoms. The Kier molecular flexibility index (Phi) is 6.08. The van der Waals surface area contributed by atoms with Gasteiger partial charge in [-0.3, -0.25) is 0 Å². The number of hydrogen-bond donors (Lipinski definition) is 3. The summed E-state index contributed by atoms with van der Waals surface area (Å²) in [4.78, 5) is 21.5. The standard InChI is InChI=1S/C12H18O8/c1-6-10(16)11(17)12(18-2)7(20-6)5-19-9(15)4-3-8(13)14/h3-4,6-7,10-12,16-17H,5H2,1-2H3,(H,13,14)/b4-3-/t6-,7?,10?,11+,12-/m1/s1. The van der Waals surface area contributed by atoms with Crippen LogP contribution in [0.2, 0.25) is 0 Å². The maximum atomic E-state index is 11.2. The molecule has 0 aromatic carbocycles. The predicted molar refractivity (Wildman–Crippen MR) is 64.9 cm³/mol. The molecule has 0 aromatic heterocycles. The van der Waals surface area contributed by atoms with Gasteiger partial charge in [0.15, 0.2) is 0 Å². The zero-order chi connectivity index (χ0) is 15.3. The number of aliphatic hydroxyl groups excluding tert-OH is 2. The van der Waals surface area contributed by atoms with E-state index in [0.29, 0.717) is 6.08 Å². The molecule has 1 saturated heterocycles. The van der Waals surface area contributed by atoms with Crippen molar-refractivity contribution >= 4 is 11.9 Å². The van der Waals surface area contributed by atoms with E-state index in [9.17, 15) is 19.8 Å². The Hall–Kier alpha value is -1.48. The summed E-state index contributed by atoms with van der Waals surface area (Å²) in [6.45, 7) is 1.34. The monoisotopic (exact) mass is 290 g/mol. The normalized spacial score (nSPS) is 34.1. The van der Waals surface area contributed by atoms with E-state index < -0.39 is 42.5 Å². The molecule has 1 fully saturated rings. The van der Waals surface area contributed by atoms with Gasteiger partial charge in [-0.15, -0.1) is 0 Å². The molecule has 0 radical (unpaired) electrons. The summed E-state index contributed by atoms with van der Waals surface area (Å²) >= 11 is 0. The van der Waals surface area contributed by atoms with Crippen molar-refractivity contribution in [2.75, 3.05) is 13.7 Å². The van der Waals surface area contributed by atoms with Crippen LogP contribution in [-0.4, -0.2) is 71.5 Å². The average Bonchev–Trinajstić information content (AvgIpc) is 2.40. The molecule has 20 heavy (non-hydrogen) atoms. The lowest BCUT2D eigenvalue weighted by molar-refractivity contribution is -0.233. The van der Waals surface area contributed by atoms with Gasteiger partial charge in [0.05, 0.1) is 6.10 Å². The summed E-state index contributed by atoms with van der Waals surface area (Å²) in [5, 5.41) is 27.8. The highest BCUT2D eigenvalue weighted by Gasteiger charge is 2.43. The van der Waals surface area contributed by atoms with Crippen LogP contribution in [-0.2, 0) is 23.8 Å². The fourth-order valence-corrected chi connectivity index (χ4v) is 1.90. The number of carboxylic acid groups (broad SMARTS) is 1. The first-order valence-corrected chi connectivity index (χ1v) is 5.99. The number of hydrogen-bond acceptors (Lipinski definition) is 7. The third-order valence-electron chi connectivity index (χ3n) is 2.95. The third kappa shape index (κ3) is 4.27. The third-order valence-corrected chi connectivity index (χ3v) is 2.95. The predicted octanol–water partition coefficient (Wildman–Crippen LogP) is -1.31. The Balaban J connectivity index is 2.57. The van der Waals surface area contributed by atoms with E-state index >= 15 is 0 Å². The van der Waals surface area contributed by atoms with Gasteiger partial charge in [-0.05, 0) is 6.92 Å². The number of aliphatic carboxylic acids is 1. The van der Waals surface area contributed by atoms with E-state index in [1.54, 1.807) is 6.92 Å². The molecule has 0 saturated carbocycles. The van der Waals surface area contributed by atoms with Crippen LogP contribution in [0.25, 0.3) is 0 Å². The topological polar surface area (TPSA) is 123 Å². The molecule has 1 rings (SSSR count). The van der Waals surface area contributed by atoms with E-state index in [1.165, 1.54) is 7.11 Å². The molecular formula is C12H18O8. The lowest BCUT2D eigenvalue weighted by Gasteiger charge is -2.40. The van der Waals surface area contributed by atoms with Gasteiger partial charge in [-0.25, -0.2) is 9.59 Å². The van der Waals surface area contributed by atoms with Gasteiger partial charge < -0.3 is 29.5 Å². The minimum absolute atomic E-state index is 0.227. The van der Waals surface area contributed by atoms with Crippen molar-refractivity contribution in [1.29, 1.82) is 0 Å². The molecule has 0 amide bonds. The number of carbonyl (C=O) groups is 2. The highest BCUT2D eigenvalue weighted by atomic mass is 16.6. The molecule has 3 N–H and O–H groups in total. The molecule has 0 aromatic rings. The Bertz CT molecular complexity index is 380. The minimum atomic E-state index is -1.27. The number of carboxylic acids is 1. The summed E-state index contributed by atoms with van der Waals surface area (Å²) in [5.41, 5.74) is 0. The first kappa shape index (κ1) is 16.6. The molecule has 8 heteroatoms. The number of ether oxygens (including phenoxy) is 3. The van der Waals surface area contributed by atoms with Crippen LogP contribution in [0.15, 0.2) is 12.2 Å². The molecule has 0 spiro atoms. The van der Waals surface area contributed by atoms with Crippen LogP contribution in [0, 0.1) is 0 Å². The van der Waals surface area contributed by atoms with Crippen molar-refractivity contribution in [3.63, 3.8) is 0 Å². The van der Waals surface area contributed by atoms with Crippen molar-refractivity contribution < 1.29 is 39.1 Å². The van der Waals surface area contributed by atoms with E-state index in [4.69, 9.17) is 19.3 Å². The molecule has 1 aliphatic heterocycles. The molecule has 1 heterocycles. The lowest BCUT2D eigenvalue weighted by Crippen LogP contribution is -2.58. The highest BCUT2D eigenvalue weighted by Crippen LogP contribution is 2.23. The largest absolute Gasteiger partial charge is 0.478 e. The van der Waals surface area contributed by atoms with Gasteiger partial charge in [0.1, 0.15) is 31.0 Å². The zero-order valence-electron chi connectivity index (χ0n) is 11.1. The molecule has 5 atom stereocenters. The highest BCUT2D eigenvalue weighted by molar-refractivity contribution is 5.90. The fraction of sp³-hybridized carbons (Fsp3) is 0.667. The number of rotatable bonds is 5. The second-order valence-electron chi connectivity index (χ2n) is 4.36. The SMILES string of the molecule is CO[C@@H]1C(COC(=O)/C=C\C(=O)O)O[C@H](C)C(O)[C@@H]1O. The van der Waals surface area contributed by atoms with Crippen LogP contribution in [0.3, 0.4) is 0 Å². The van der Waals surface area contributed by atoms with Gasteiger partial charge in [0, 0.05) is 19.3 Å². The van der Waals surface area contributed by atoms with Crippen molar-refractivity contribution in [1.82, 2.24) is 0 Å². The summed E-state index contributed by atoms with van der Waals surface area (Å²) < 4.78 is 15.2. The number of aliphatic hydroxyl groups is 2. The van der Waals surface area contributed by atoms with Gasteiger partial charge in [0.2, 0.25) is 0 Å². The molecule has 1 aliphatic rings. The Labute approximate surface area is 115 Å². The average molecular weight is 290 g/mol. The second kappa shape index (κ2) is 7.34. The molecule has 8 nitrogen and oxygen atoms in total. The summed E-state index contributed by atoms with van der Waals surface area (Å²) in [5.74, 6) is -2.11. The maximum Gasteiger partial charge on any atom is 0.331 e. The summed E-state index contributed by atoms with van der Waals surface area (Å²) in [6, 6.07) is 0. The van der Waals surface area contributed by atoms with Crippen LogP contribution in [0.5, 0.6) is 0 Å². The number of esters is 1. The van der Waals surface area contributed by atoms with Crippen LogP contribution in [0.4, 0.5) is 0 Å². The Morgan fingerprint density at radius 2 is 1.90 bits per heavy atom. The van der Waals surface area contributed by atoms with Gasteiger partial charge >= 0.3 is 11.9 Å². The van der Waals surface area contributed by atoms with E-state index in [0.717, 1.165) is 6.08 Å². The molecular weight excluding hydrogens is 272 g/mol. The smallest absolute Gasteiger partial charge is 0.331 e. The minimum Gasteiger partial charge on any atom is -0.478 e.